The molecule has 0 amide bonds. The predicted octanol–water partition coefficient (Wildman–Crippen LogP) is 1.68. The Morgan fingerprint density at radius 1 is 0.731 bits per heavy atom. The zero-order chi connectivity index (χ0) is 17.5. The van der Waals surface area contributed by atoms with Gasteiger partial charge in [0.05, 0.1) is 0 Å². The molecule has 1 nitrogen and oxygen atoms in total. The first-order valence-electron chi connectivity index (χ1n) is 8.79. The van der Waals surface area contributed by atoms with Gasteiger partial charge in [-0.25, -0.2) is 0 Å². The molecule has 132 valence electrons. The van der Waals surface area contributed by atoms with E-state index in [4.69, 9.17) is 0 Å². The summed E-state index contributed by atoms with van der Waals surface area (Å²) in [6.45, 7) is 2.17. The minimum absolute atomic E-state index is 0. The molecule has 0 heterocycles. The molecular formula is C23H23BrNP. The second-order valence-electron chi connectivity index (χ2n) is 6.16. The summed E-state index contributed by atoms with van der Waals surface area (Å²) in [5, 5.41) is 14.0. The topological polar surface area (TPSA) is 23.8 Å². The molecule has 0 saturated carbocycles. The molecule has 0 aromatic heterocycles. The molecule has 3 rings (SSSR count). The van der Waals surface area contributed by atoms with Crippen LogP contribution in [-0.4, -0.2) is 5.66 Å². The fraction of sp³-hybridized carbons (Fsp3) is 0.174. The summed E-state index contributed by atoms with van der Waals surface area (Å²) in [6, 6.07) is 34.6. The van der Waals surface area contributed by atoms with Crippen molar-refractivity contribution in [2.45, 2.75) is 25.4 Å². The van der Waals surface area contributed by atoms with Gasteiger partial charge in [0.15, 0.2) is 5.66 Å². The first kappa shape index (κ1) is 20.4. The van der Waals surface area contributed by atoms with Gasteiger partial charge >= 0.3 is 0 Å². The first-order valence-corrected chi connectivity index (χ1v) is 10.6. The largest absolute Gasteiger partial charge is 1.00 e. The quantitative estimate of drug-likeness (QED) is 0.553. The molecule has 0 spiro atoms. The van der Waals surface area contributed by atoms with E-state index in [-0.39, 0.29) is 22.6 Å². The maximum atomic E-state index is 10.2. The summed E-state index contributed by atoms with van der Waals surface area (Å²) in [5.74, 6) is 0. The molecular weight excluding hydrogens is 401 g/mol. The molecule has 0 saturated heterocycles. The molecule has 0 aliphatic carbocycles. The Morgan fingerprint density at radius 3 is 1.35 bits per heavy atom. The number of rotatable bonds is 6. The molecule has 3 aromatic rings. The van der Waals surface area contributed by atoms with E-state index in [0.29, 0.717) is 0 Å². The van der Waals surface area contributed by atoms with Crippen molar-refractivity contribution in [2.24, 2.45) is 0 Å². The third-order valence-electron chi connectivity index (χ3n) is 4.67. The van der Waals surface area contributed by atoms with E-state index in [0.717, 1.165) is 12.8 Å². The summed E-state index contributed by atoms with van der Waals surface area (Å²) >= 11 is 0. The van der Waals surface area contributed by atoms with E-state index < -0.39 is 7.26 Å². The molecule has 0 aliphatic heterocycles. The van der Waals surface area contributed by atoms with Crippen molar-refractivity contribution in [3.8, 4) is 6.07 Å². The van der Waals surface area contributed by atoms with Crippen LogP contribution in [0, 0.1) is 11.3 Å². The van der Waals surface area contributed by atoms with Gasteiger partial charge in [0.25, 0.3) is 0 Å². The number of nitrogens with zero attached hydrogens (tertiary/aromatic N) is 1. The van der Waals surface area contributed by atoms with Gasteiger partial charge in [-0.1, -0.05) is 67.9 Å². The van der Waals surface area contributed by atoms with Crippen LogP contribution in [0.3, 0.4) is 0 Å². The van der Waals surface area contributed by atoms with Crippen molar-refractivity contribution in [1.29, 1.82) is 5.26 Å². The van der Waals surface area contributed by atoms with Crippen LogP contribution in [0.1, 0.15) is 19.8 Å². The summed E-state index contributed by atoms with van der Waals surface area (Å²) in [5.41, 5.74) is -0.0234. The minimum Gasteiger partial charge on any atom is -1.00 e. The molecule has 3 heteroatoms. The highest BCUT2D eigenvalue weighted by molar-refractivity contribution is 7.96. The average molecular weight is 424 g/mol. The average Bonchev–Trinajstić information content (AvgIpc) is 2.70. The van der Waals surface area contributed by atoms with E-state index in [1.54, 1.807) is 0 Å². The lowest BCUT2D eigenvalue weighted by Crippen LogP contribution is -3.00. The maximum absolute atomic E-state index is 10.2. The lowest BCUT2D eigenvalue weighted by Gasteiger charge is -2.31. The third kappa shape index (κ3) is 3.75. The number of hydrogen-bond acceptors (Lipinski definition) is 1. The molecule has 0 fully saturated rings. The highest BCUT2D eigenvalue weighted by Crippen LogP contribution is 2.60. The molecule has 0 radical (unpaired) electrons. The molecule has 1 atom stereocenters. The zero-order valence-electron chi connectivity index (χ0n) is 14.9. The Bertz CT molecular complexity index is 732. The van der Waals surface area contributed by atoms with Crippen molar-refractivity contribution < 1.29 is 17.0 Å². The van der Waals surface area contributed by atoms with Gasteiger partial charge in [-0.15, -0.1) is 0 Å². The van der Waals surface area contributed by atoms with Gasteiger partial charge in [0.1, 0.15) is 29.2 Å². The monoisotopic (exact) mass is 423 g/mol. The number of halogens is 1. The fourth-order valence-corrected chi connectivity index (χ4v) is 8.31. The Kier molecular flexibility index (Phi) is 7.58. The normalized spacial score (nSPS) is 11.8. The Hall–Kier alpha value is -1.94. The van der Waals surface area contributed by atoms with Crippen molar-refractivity contribution in [1.82, 2.24) is 0 Å². The van der Waals surface area contributed by atoms with Gasteiger partial charge in [0.2, 0.25) is 0 Å². The van der Waals surface area contributed by atoms with E-state index in [1.807, 2.05) is 0 Å². The van der Waals surface area contributed by atoms with Crippen LogP contribution in [0.5, 0.6) is 0 Å². The van der Waals surface area contributed by atoms with E-state index in [9.17, 15) is 5.26 Å². The zero-order valence-corrected chi connectivity index (χ0v) is 17.4. The van der Waals surface area contributed by atoms with Gasteiger partial charge in [-0.2, -0.15) is 5.26 Å². The van der Waals surface area contributed by atoms with Crippen LogP contribution >= 0.6 is 7.26 Å². The summed E-state index contributed by atoms with van der Waals surface area (Å²) < 4.78 is 0. The second-order valence-corrected chi connectivity index (χ2v) is 9.78. The Balaban J connectivity index is 0.00000243. The molecule has 0 bridgehead atoms. The van der Waals surface area contributed by atoms with Gasteiger partial charge in [-0.05, 0) is 42.8 Å². The van der Waals surface area contributed by atoms with Crippen molar-refractivity contribution in [2.75, 3.05) is 0 Å². The van der Waals surface area contributed by atoms with Crippen molar-refractivity contribution in [3.05, 3.63) is 91.0 Å². The number of benzene rings is 3. The highest BCUT2D eigenvalue weighted by atomic mass is 79.9. The van der Waals surface area contributed by atoms with Gasteiger partial charge in [0, 0.05) is 0 Å². The maximum Gasteiger partial charge on any atom is 0.168 e. The lowest BCUT2D eigenvalue weighted by atomic mass is 10.3. The van der Waals surface area contributed by atoms with Crippen LogP contribution in [-0.2, 0) is 0 Å². The smallest absolute Gasteiger partial charge is 0.168 e. The number of nitriles is 1. The van der Waals surface area contributed by atoms with Crippen LogP contribution in [0.25, 0.3) is 0 Å². The Labute approximate surface area is 167 Å². The predicted molar refractivity (Wildman–Crippen MR) is 109 cm³/mol. The highest BCUT2D eigenvalue weighted by Gasteiger charge is 2.52. The van der Waals surface area contributed by atoms with Crippen LogP contribution in [0.4, 0.5) is 0 Å². The van der Waals surface area contributed by atoms with Crippen molar-refractivity contribution in [3.63, 3.8) is 0 Å². The summed E-state index contributed by atoms with van der Waals surface area (Å²) in [7, 11) is -2.04. The van der Waals surface area contributed by atoms with E-state index in [2.05, 4.69) is 104 Å². The molecule has 0 aliphatic rings. The fourth-order valence-electron chi connectivity index (χ4n) is 3.59. The molecule has 3 aromatic carbocycles. The van der Waals surface area contributed by atoms with E-state index >= 15 is 0 Å². The summed E-state index contributed by atoms with van der Waals surface area (Å²) in [4.78, 5) is 0. The Morgan fingerprint density at radius 2 is 1.08 bits per heavy atom. The lowest BCUT2D eigenvalue weighted by molar-refractivity contribution is -0.00000517. The second kappa shape index (κ2) is 9.67. The van der Waals surface area contributed by atoms with Gasteiger partial charge < -0.3 is 17.0 Å². The molecule has 26 heavy (non-hydrogen) atoms. The standard InChI is InChI=1S/C23H23NP.BrH/c1-2-12-23(19-24)25(20-13-6-3-7-14-20,21-15-8-4-9-16-21)22-17-10-5-11-18-22;/h3-11,13-18,23H,2,12H2,1H3;1H/q+1;/p-1. The third-order valence-corrected chi connectivity index (χ3v) is 9.32. The van der Waals surface area contributed by atoms with Crippen LogP contribution in [0.2, 0.25) is 0 Å². The molecule has 0 N–H and O–H groups in total. The van der Waals surface area contributed by atoms with Gasteiger partial charge in [-0.3, -0.25) is 0 Å². The van der Waals surface area contributed by atoms with Crippen LogP contribution in [0.15, 0.2) is 91.0 Å². The number of hydrogen-bond donors (Lipinski definition) is 0. The minimum atomic E-state index is -2.04. The SMILES string of the molecule is CCCC(C#N)[P+](c1ccccc1)(c1ccccc1)c1ccccc1.[Br-]. The van der Waals surface area contributed by atoms with E-state index in [1.165, 1.54) is 15.9 Å². The van der Waals surface area contributed by atoms with Crippen molar-refractivity contribution >= 4 is 23.2 Å². The molecule has 1 unspecified atom stereocenters. The van der Waals surface area contributed by atoms with Crippen LogP contribution < -0.4 is 32.9 Å². The summed E-state index contributed by atoms with van der Waals surface area (Å²) in [6.07, 6.45) is 1.91. The first-order chi connectivity index (χ1) is 12.3.